The normalized spacial score (nSPS) is 14.3. The number of nitrogens with two attached hydrogens (primary N) is 1. The van der Waals surface area contributed by atoms with Crippen LogP contribution in [0.4, 0.5) is 0 Å². The zero-order valence-electron chi connectivity index (χ0n) is 12.6. The summed E-state index contributed by atoms with van der Waals surface area (Å²) in [6, 6.07) is 3.84. The average molecular weight is 348 g/mol. The van der Waals surface area contributed by atoms with Gasteiger partial charge in [0.1, 0.15) is 5.60 Å². The molecule has 5 nitrogen and oxygen atoms in total. The fourth-order valence-corrected chi connectivity index (χ4v) is 2.37. The Balaban J connectivity index is 2.92. The Morgan fingerprint density at radius 1 is 1.32 bits per heavy atom. The van der Waals surface area contributed by atoms with Crippen LogP contribution >= 0.6 is 23.2 Å². The van der Waals surface area contributed by atoms with Crippen molar-refractivity contribution in [1.29, 1.82) is 0 Å². The second-order valence-electron chi connectivity index (χ2n) is 5.95. The lowest BCUT2D eigenvalue weighted by Gasteiger charge is -2.25. The summed E-state index contributed by atoms with van der Waals surface area (Å²) in [6.45, 7) is 4.97. The van der Waals surface area contributed by atoms with Crippen LogP contribution < -0.4 is 5.73 Å². The minimum Gasteiger partial charge on any atom is -0.481 e. The minimum atomic E-state index is -1.47. The summed E-state index contributed by atoms with van der Waals surface area (Å²) in [5, 5.41) is 10.1. The maximum atomic E-state index is 12.0. The topological polar surface area (TPSA) is 89.6 Å². The highest BCUT2D eigenvalue weighted by Gasteiger charge is 2.36. The Morgan fingerprint density at radius 2 is 1.91 bits per heavy atom. The van der Waals surface area contributed by atoms with Crippen LogP contribution in [0.25, 0.3) is 0 Å². The molecule has 0 aromatic heterocycles. The van der Waals surface area contributed by atoms with E-state index in [9.17, 15) is 14.7 Å². The van der Waals surface area contributed by atoms with Gasteiger partial charge in [-0.15, -0.1) is 0 Å². The van der Waals surface area contributed by atoms with Crippen molar-refractivity contribution in [2.24, 2.45) is 11.7 Å². The van der Waals surface area contributed by atoms with E-state index in [0.717, 1.165) is 0 Å². The number of carboxylic acid groups (broad SMARTS) is 1. The lowest BCUT2D eigenvalue weighted by Crippen LogP contribution is -2.45. The van der Waals surface area contributed by atoms with Crippen molar-refractivity contribution in [2.75, 3.05) is 0 Å². The van der Waals surface area contributed by atoms with Gasteiger partial charge in [-0.3, -0.25) is 9.59 Å². The maximum absolute atomic E-state index is 12.0. The van der Waals surface area contributed by atoms with Crippen molar-refractivity contribution >= 4 is 35.1 Å². The molecule has 1 aromatic carbocycles. The monoisotopic (exact) mass is 347 g/mol. The van der Waals surface area contributed by atoms with Gasteiger partial charge in [-0.1, -0.05) is 29.3 Å². The molecule has 0 radical (unpaired) electrons. The summed E-state index contributed by atoms with van der Waals surface area (Å²) < 4.78 is 5.12. The largest absolute Gasteiger partial charge is 0.481 e. The SMILES string of the molecule is CC(C)(C)OC(=O)[C@H](C(=O)O)[C@H](N)Cc1ccc(Cl)cc1Cl. The molecule has 0 saturated heterocycles. The van der Waals surface area contributed by atoms with Gasteiger partial charge in [-0.2, -0.15) is 0 Å². The van der Waals surface area contributed by atoms with Crippen molar-refractivity contribution in [3.8, 4) is 0 Å². The summed E-state index contributed by atoms with van der Waals surface area (Å²) >= 11 is 11.8. The third-order valence-electron chi connectivity index (χ3n) is 2.83. The first-order valence-electron chi connectivity index (χ1n) is 6.66. The fourth-order valence-electron chi connectivity index (χ4n) is 1.88. The number of hydrogen-bond acceptors (Lipinski definition) is 4. The van der Waals surface area contributed by atoms with Gasteiger partial charge in [0.25, 0.3) is 0 Å². The molecule has 0 aliphatic heterocycles. The first kappa shape index (κ1) is 18.7. The molecule has 1 aromatic rings. The number of benzene rings is 1. The van der Waals surface area contributed by atoms with Crippen LogP contribution in [0, 0.1) is 5.92 Å². The lowest BCUT2D eigenvalue weighted by molar-refractivity contribution is -0.167. The third-order valence-corrected chi connectivity index (χ3v) is 3.41. The number of aliphatic carboxylic acids is 1. The molecule has 0 amide bonds. The van der Waals surface area contributed by atoms with Gasteiger partial charge in [0.15, 0.2) is 5.92 Å². The zero-order chi connectivity index (χ0) is 17.1. The fraction of sp³-hybridized carbons (Fsp3) is 0.467. The number of halogens is 2. The Morgan fingerprint density at radius 3 is 2.36 bits per heavy atom. The Labute approximate surface area is 139 Å². The van der Waals surface area contributed by atoms with Gasteiger partial charge >= 0.3 is 11.9 Å². The van der Waals surface area contributed by atoms with Gasteiger partial charge < -0.3 is 15.6 Å². The van der Waals surface area contributed by atoms with E-state index in [2.05, 4.69) is 0 Å². The highest BCUT2D eigenvalue weighted by Crippen LogP contribution is 2.24. The van der Waals surface area contributed by atoms with Gasteiger partial charge in [0.2, 0.25) is 0 Å². The smallest absolute Gasteiger partial charge is 0.322 e. The van der Waals surface area contributed by atoms with E-state index in [4.69, 9.17) is 33.7 Å². The second-order valence-corrected chi connectivity index (χ2v) is 6.80. The summed E-state index contributed by atoms with van der Waals surface area (Å²) in [6.07, 6.45) is 0.117. The van der Waals surface area contributed by atoms with E-state index in [1.54, 1.807) is 32.9 Å². The van der Waals surface area contributed by atoms with Crippen LogP contribution in [0.3, 0.4) is 0 Å². The molecular formula is C15H19Cl2NO4. The molecule has 1 rings (SSSR count). The minimum absolute atomic E-state index is 0.117. The summed E-state index contributed by atoms with van der Waals surface area (Å²) in [7, 11) is 0. The van der Waals surface area contributed by atoms with Gasteiger partial charge in [0, 0.05) is 16.1 Å². The van der Waals surface area contributed by atoms with E-state index in [1.165, 1.54) is 6.07 Å². The molecule has 22 heavy (non-hydrogen) atoms. The number of esters is 1. The molecule has 0 aliphatic carbocycles. The predicted molar refractivity (Wildman–Crippen MR) is 85.1 cm³/mol. The van der Waals surface area contributed by atoms with E-state index >= 15 is 0 Å². The quantitative estimate of drug-likeness (QED) is 0.631. The molecule has 0 unspecified atom stereocenters. The number of carbonyl (C=O) groups is 2. The number of rotatable bonds is 5. The summed E-state index contributed by atoms with van der Waals surface area (Å²) in [4.78, 5) is 23.4. The average Bonchev–Trinajstić information content (AvgIpc) is 2.29. The number of carboxylic acids is 1. The van der Waals surface area contributed by atoms with Gasteiger partial charge in [-0.05, 0) is 44.9 Å². The summed E-state index contributed by atoms with van der Waals surface area (Å²) in [5.41, 5.74) is 5.73. The van der Waals surface area contributed by atoms with Gasteiger partial charge in [0.05, 0.1) is 0 Å². The van der Waals surface area contributed by atoms with Crippen LogP contribution in [0.2, 0.25) is 10.0 Å². The highest BCUT2D eigenvalue weighted by molar-refractivity contribution is 6.35. The number of ether oxygens (including phenoxy) is 1. The Kier molecular flexibility index (Phi) is 6.23. The van der Waals surface area contributed by atoms with Crippen molar-refractivity contribution < 1.29 is 19.4 Å². The van der Waals surface area contributed by atoms with Crippen LogP contribution in [0.15, 0.2) is 18.2 Å². The highest BCUT2D eigenvalue weighted by atomic mass is 35.5. The van der Waals surface area contributed by atoms with E-state index in [0.29, 0.717) is 15.6 Å². The predicted octanol–water partition coefficient (Wildman–Crippen LogP) is 2.91. The van der Waals surface area contributed by atoms with E-state index in [-0.39, 0.29) is 6.42 Å². The van der Waals surface area contributed by atoms with Crippen molar-refractivity contribution in [3.63, 3.8) is 0 Å². The zero-order valence-corrected chi connectivity index (χ0v) is 14.1. The standard InChI is InChI=1S/C15H19Cl2NO4/c1-15(2,3)22-14(21)12(13(19)20)11(18)6-8-4-5-9(16)7-10(8)17/h4-5,7,11-12H,6,18H2,1-3H3,(H,19,20)/t11-,12+/m1/s1. The Bertz CT molecular complexity index is 569. The van der Waals surface area contributed by atoms with E-state index in [1.807, 2.05) is 0 Å². The van der Waals surface area contributed by atoms with Crippen LogP contribution in [0.1, 0.15) is 26.3 Å². The molecular weight excluding hydrogens is 329 g/mol. The summed E-state index contributed by atoms with van der Waals surface area (Å²) in [5.74, 6) is -3.66. The van der Waals surface area contributed by atoms with E-state index < -0.39 is 29.5 Å². The first-order chi connectivity index (χ1) is 10.0. The number of hydrogen-bond donors (Lipinski definition) is 2. The molecule has 0 spiro atoms. The molecule has 0 bridgehead atoms. The van der Waals surface area contributed by atoms with Crippen LogP contribution in [-0.4, -0.2) is 28.7 Å². The second kappa shape index (κ2) is 7.31. The maximum Gasteiger partial charge on any atom is 0.322 e. The van der Waals surface area contributed by atoms with Gasteiger partial charge in [-0.25, -0.2) is 0 Å². The number of carbonyl (C=O) groups excluding carboxylic acids is 1. The third kappa shape index (κ3) is 5.48. The molecule has 0 fully saturated rings. The lowest BCUT2D eigenvalue weighted by atomic mass is 9.94. The molecule has 2 atom stereocenters. The molecule has 0 saturated carbocycles. The van der Waals surface area contributed by atoms with Crippen molar-refractivity contribution in [3.05, 3.63) is 33.8 Å². The van der Waals surface area contributed by atoms with Crippen molar-refractivity contribution in [2.45, 2.75) is 38.8 Å². The first-order valence-corrected chi connectivity index (χ1v) is 7.42. The Hall–Kier alpha value is -1.30. The molecule has 3 N–H and O–H groups in total. The molecule has 0 aliphatic rings. The molecule has 0 heterocycles. The molecule has 122 valence electrons. The van der Waals surface area contributed by atoms with Crippen LogP contribution in [0.5, 0.6) is 0 Å². The molecule has 7 heteroatoms. The van der Waals surface area contributed by atoms with Crippen LogP contribution in [-0.2, 0) is 20.7 Å². The van der Waals surface area contributed by atoms with Crippen molar-refractivity contribution in [1.82, 2.24) is 0 Å².